The Morgan fingerprint density at radius 3 is 2.90 bits per heavy atom. The molecule has 0 saturated carbocycles. The molecule has 0 fully saturated rings. The van der Waals surface area contributed by atoms with Crippen molar-refractivity contribution in [2.75, 3.05) is 0 Å². The first-order chi connectivity index (χ1) is 9.45. The molecule has 0 aliphatic heterocycles. The fourth-order valence-corrected chi connectivity index (χ4v) is 2.96. The van der Waals surface area contributed by atoms with Crippen LogP contribution in [0.15, 0.2) is 29.4 Å². The molecule has 2 rings (SSSR count). The number of para-hydroxylation sites is 1. The molecule has 0 saturated heterocycles. The van der Waals surface area contributed by atoms with Crippen LogP contribution in [0.4, 0.5) is 0 Å². The van der Waals surface area contributed by atoms with Gasteiger partial charge in [-0.25, -0.2) is 13.1 Å². The Balaban J connectivity index is 2.22. The average molecular weight is 317 g/mol. The summed E-state index contributed by atoms with van der Waals surface area (Å²) in [5.41, 5.74) is 0. The van der Waals surface area contributed by atoms with Gasteiger partial charge in [-0.1, -0.05) is 17.7 Å². The minimum Gasteiger partial charge on any atom is -0.505 e. The monoisotopic (exact) mass is 316 g/mol. The van der Waals surface area contributed by atoms with E-state index in [1.165, 1.54) is 24.5 Å². The Morgan fingerprint density at radius 2 is 2.20 bits per heavy atom. The summed E-state index contributed by atoms with van der Waals surface area (Å²) in [6.45, 7) is 2.50. The number of aryl methyl sites for hydroxylation is 1. The Hall–Kier alpha value is -1.64. The van der Waals surface area contributed by atoms with Gasteiger partial charge in [0.15, 0.2) is 5.75 Å². The number of phenolic OH excluding ortho intramolecular Hbond substituents is 1. The highest BCUT2D eigenvalue weighted by Gasteiger charge is 2.20. The van der Waals surface area contributed by atoms with E-state index in [4.69, 9.17) is 11.6 Å². The second-order valence-electron chi connectivity index (χ2n) is 3.94. The van der Waals surface area contributed by atoms with Crippen molar-refractivity contribution >= 4 is 21.6 Å². The van der Waals surface area contributed by atoms with Crippen molar-refractivity contribution in [2.24, 2.45) is 0 Å². The molecule has 1 heterocycles. The molecule has 0 spiro atoms. The highest BCUT2D eigenvalue weighted by Crippen LogP contribution is 2.30. The molecule has 0 bridgehead atoms. The summed E-state index contributed by atoms with van der Waals surface area (Å²) < 4.78 is 28.3. The number of rotatable bonds is 5. The van der Waals surface area contributed by atoms with Gasteiger partial charge in [-0.05, 0) is 19.1 Å². The van der Waals surface area contributed by atoms with Crippen molar-refractivity contribution in [3.8, 4) is 5.75 Å². The number of nitrogens with zero attached hydrogens (tertiary/aromatic N) is 3. The van der Waals surface area contributed by atoms with E-state index in [0.717, 1.165) is 0 Å². The number of phenols is 1. The van der Waals surface area contributed by atoms with E-state index in [1.807, 2.05) is 6.92 Å². The van der Waals surface area contributed by atoms with Gasteiger partial charge in [-0.15, -0.1) is 10.2 Å². The summed E-state index contributed by atoms with van der Waals surface area (Å²) >= 11 is 5.70. The molecule has 2 N–H and O–H groups in total. The highest BCUT2D eigenvalue weighted by molar-refractivity contribution is 7.89. The molecule has 0 unspecified atom stereocenters. The first-order valence-electron chi connectivity index (χ1n) is 5.79. The molecule has 0 amide bonds. The van der Waals surface area contributed by atoms with E-state index >= 15 is 0 Å². The van der Waals surface area contributed by atoms with Crippen LogP contribution in [0, 0.1) is 0 Å². The van der Waals surface area contributed by atoms with Crippen molar-refractivity contribution in [2.45, 2.75) is 24.9 Å². The third kappa shape index (κ3) is 2.92. The lowest BCUT2D eigenvalue weighted by Crippen LogP contribution is -2.25. The van der Waals surface area contributed by atoms with E-state index in [-0.39, 0.29) is 16.5 Å². The smallest absolute Gasteiger partial charge is 0.244 e. The van der Waals surface area contributed by atoms with Crippen LogP contribution in [-0.4, -0.2) is 28.3 Å². The highest BCUT2D eigenvalue weighted by atomic mass is 35.5. The number of nitrogens with one attached hydrogen (secondary N) is 1. The second-order valence-corrected chi connectivity index (χ2v) is 6.09. The van der Waals surface area contributed by atoms with Crippen molar-refractivity contribution in [3.05, 3.63) is 35.4 Å². The van der Waals surface area contributed by atoms with Crippen molar-refractivity contribution in [1.82, 2.24) is 19.5 Å². The SMILES string of the molecule is CCn1cnnc1CNS(=O)(=O)c1cccc(Cl)c1O. The number of sulfonamides is 1. The Bertz CT molecular complexity index is 714. The number of halogens is 1. The molecule has 108 valence electrons. The number of hydrogen-bond acceptors (Lipinski definition) is 5. The van der Waals surface area contributed by atoms with Gasteiger partial charge in [-0.2, -0.15) is 0 Å². The van der Waals surface area contributed by atoms with Gasteiger partial charge >= 0.3 is 0 Å². The van der Waals surface area contributed by atoms with Gasteiger partial charge in [0.05, 0.1) is 11.6 Å². The van der Waals surface area contributed by atoms with Gasteiger partial charge in [0.1, 0.15) is 17.0 Å². The number of aromatic hydroxyl groups is 1. The van der Waals surface area contributed by atoms with E-state index in [9.17, 15) is 13.5 Å². The van der Waals surface area contributed by atoms with Crippen LogP contribution in [0.2, 0.25) is 5.02 Å². The van der Waals surface area contributed by atoms with E-state index in [2.05, 4.69) is 14.9 Å². The fourth-order valence-electron chi connectivity index (χ4n) is 1.63. The zero-order chi connectivity index (χ0) is 14.8. The lowest BCUT2D eigenvalue weighted by atomic mass is 10.3. The number of benzene rings is 1. The van der Waals surface area contributed by atoms with Crippen LogP contribution in [-0.2, 0) is 23.1 Å². The molecule has 1 aromatic carbocycles. The third-order valence-corrected chi connectivity index (χ3v) is 4.43. The lowest BCUT2D eigenvalue weighted by molar-refractivity contribution is 0.458. The van der Waals surface area contributed by atoms with E-state index < -0.39 is 15.8 Å². The Kier molecular flexibility index (Phi) is 4.26. The third-order valence-electron chi connectivity index (χ3n) is 2.70. The summed E-state index contributed by atoms with van der Waals surface area (Å²) in [5.74, 6) is 0.0104. The maximum absolute atomic E-state index is 12.1. The number of hydrogen-bond donors (Lipinski definition) is 2. The largest absolute Gasteiger partial charge is 0.505 e. The molecular formula is C11H13ClN4O3S. The predicted molar refractivity (Wildman–Crippen MR) is 72.8 cm³/mol. The zero-order valence-corrected chi connectivity index (χ0v) is 12.2. The van der Waals surface area contributed by atoms with Crippen LogP contribution in [0.25, 0.3) is 0 Å². The van der Waals surface area contributed by atoms with Crippen LogP contribution in [0.1, 0.15) is 12.7 Å². The zero-order valence-electron chi connectivity index (χ0n) is 10.6. The molecule has 0 radical (unpaired) electrons. The first kappa shape index (κ1) is 14.8. The average Bonchev–Trinajstić information content (AvgIpc) is 2.87. The minimum atomic E-state index is -3.88. The summed E-state index contributed by atoms with van der Waals surface area (Å²) in [6, 6.07) is 4.13. The Labute approximate surface area is 121 Å². The van der Waals surface area contributed by atoms with Crippen molar-refractivity contribution in [3.63, 3.8) is 0 Å². The van der Waals surface area contributed by atoms with Crippen molar-refractivity contribution < 1.29 is 13.5 Å². The fraction of sp³-hybridized carbons (Fsp3) is 0.273. The van der Waals surface area contributed by atoms with Gasteiger partial charge in [-0.3, -0.25) is 0 Å². The molecule has 20 heavy (non-hydrogen) atoms. The quantitative estimate of drug-likeness (QED) is 0.862. The maximum atomic E-state index is 12.1. The predicted octanol–water partition coefficient (Wildman–Crippen LogP) is 1.14. The van der Waals surface area contributed by atoms with Crippen LogP contribution in [0.3, 0.4) is 0 Å². The van der Waals surface area contributed by atoms with Gasteiger partial charge in [0.25, 0.3) is 0 Å². The molecule has 0 aliphatic carbocycles. The summed E-state index contributed by atoms with van der Waals surface area (Å²) in [5, 5.41) is 17.2. The summed E-state index contributed by atoms with van der Waals surface area (Å²) in [4.78, 5) is -0.271. The maximum Gasteiger partial charge on any atom is 0.244 e. The number of aromatic nitrogens is 3. The topological polar surface area (TPSA) is 97.1 Å². The Morgan fingerprint density at radius 1 is 1.45 bits per heavy atom. The molecule has 0 aliphatic rings. The molecule has 9 heteroatoms. The van der Waals surface area contributed by atoms with Crippen LogP contribution in [0.5, 0.6) is 5.75 Å². The van der Waals surface area contributed by atoms with E-state index in [1.54, 1.807) is 4.57 Å². The van der Waals surface area contributed by atoms with Gasteiger partial charge < -0.3 is 9.67 Å². The normalized spacial score (nSPS) is 11.7. The summed E-state index contributed by atoms with van der Waals surface area (Å²) in [7, 11) is -3.88. The molecule has 2 aromatic rings. The molecule has 0 atom stereocenters. The van der Waals surface area contributed by atoms with Gasteiger partial charge in [0, 0.05) is 6.54 Å². The second kappa shape index (κ2) is 5.78. The molecular weight excluding hydrogens is 304 g/mol. The van der Waals surface area contributed by atoms with Crippen LogP contribution < -0.4 is 4.72 Å². The van der Waals surface area contributed by atoms with Crippen LogP contribution >= 0.6 is 11.6 Å². The van der Waals surface area contributed by atoms with E-state index in [0.29, 0.717) is 12.4 Å². The first-order valence-corrected chi connectivity index (χ1v) is 7.65. The van der Waals surface area contributed by atoms with Crippen molar-refractivity contribution in [1.29, 1.82) is 0 Å². The molecule has 1 aromatic heterocycles. The molecule has 7 nitrogen and oxygen atoms in total. The lowest BCUT2D eigenvalue weighted by Gasteiger charge is -2.09. The minimum absolute atomic E-state index is 0.0235. The van der Waals surface area contributed by atoms with Gasteiger partial charge in [0.2, 0.25) is 10.0 Å². The summed E-state index contributed by atoms with van der Waals surface area (Å²) in [6.07, 6.45) is 1.51. The standard InChI is InChI=1S/C11H13ClN4O3S/c1-2-16-7-13-15-10(16)6-14-20(18,19)9-5-3-4-8(12)11(9)17/h3-5,7,14,17H,2,6H2,1H3.